The lowest BCUT2D eigenvalue weighted by Crippen LogP contribution is -2.32. The highest BCUT2D eigenvalue weighted by atomic mass is 32.2. The molecule has 0 aliphatic carbocycles. The Kier molecular flexibility index (Phi) is 4.23. The molecule has 2 heterocycles. The van der Waals surface area contributed by atoms with Crippen LogP contribution in [0.5, 0.6) is 0 Å². The Hall–Kier alpha value is -2.31. The maximum absolute atomic E-state index is 12.9. The van der Waals surface area contributed by atoms with E-state index in [1.165, 1.54) is 5.56 Å². The van der Waals surface area contributed by atoms with Crippen molar-refractivity contribution in [2.24, 2.45) is 0 Å². The first-order chi connectivity index (χ1) is 12.1. The van der Waals surface area contributed by atoms with E-state index in [0.717, 1.165) is 22.0 Å². The molecule has 1 amide bonds. The number of carbonyl (C=O) groups excluding carboxylic acids is 1. The number of para-hydroxylation sites is 1. The molecule has 4 rings (SSSR count). The Morgan fingerprint density at radius 2 is 1.80 bits per heavy atom. The van der Waals surface area contributed by atoms with Gasteiger partial charge in [-0.1, -0.05) is 54.2 Å². The largest absolute Gasteiger partial charge is 0.336 e. The fraction of sp³-hybridized carbons (Fsp3) is 0.158. The second-order valence-corrected chi connectivity index (χ2v) is 7.35. The SMILES string of the molecule is CN1C(=C2NC(=S)N(CCc3ccccc3)C2=O)Sc2ccccc21. The van der Waals surface area contributed by atoms with Crippen molar-refractivity contribution in [2.75, 3.05) is 18.5 Å². The molecule has 2 aromatic carbocycles. The number of rotatable bonds is 3. The van der Waals surface area contributed by atoms with E-state index < -0.39 is 0 Å². The number of fused-ring (bicyclic) bond motifs is 1. The number of hydrogen-bond acceptors (Lipinski definition) is 4. The topological polar surface area (TPSA) is 35.6 Å². The zero-order valence-electron chi connectivity index (χ0n) is 13.7. The summed E-state index contributed by atoms with van der Waals surface area (Å²) < 4.78 is 0. The van der Waals surface area contributed by atoms with Gasteiger partial charge in [0.2, 0.25) is 0 Å². The maximum Gasteiger partial charge on any atom is 0.279 e. The van der Waals surface area contributed by atoms with Gasteiger partial charge in [-0.25, -0.2) is 0 Å². The van der Waals surface area contributed by atoms with Crippen molar-refractivity contribution >= 4 is 40.7 Å². The first kappa shape index (κ1) is 16.2. The summed E-state index contributed by atoms with van der Waals surface area (Å²) >= 11 is 7.00. The van der Waals surface area contributed by atoms with Crippen molar-refractivity contribution in [1.82, 2.24) is 10.2 Å². The number of nitrogens with zero attached hydrogens (tertiary/aromatic N) is 2. The van der Waals surface area contributed by atoms with Gasteiger partial charge in [0.25, 0.3) is 5.91 Å². The van der Waals surface area contributed by atoms with E-state index in [1.807, 2.05) is 42.3 Å². The normalized spacial score (nSPS) is 19.4. The van der Waals surface area contributed by atoms with E-state index in [2.05, 4.69) is 29.6 Å². The van der Waals surface area contributed by atoms with Crippen LogP contribution >= 0.6 is 24.0 Å². The predicted molar refractivity (Wildman–Crippen MR) is 105 cm³/mol. The second kappa shape index (κ2) is 6.54. The summed E-state index contributed by atoms with van der Waals surface area (Å²) in [6.45, 7) is 0.576. The van der Waals surface area contributed by atoms with Gasteiger partial charge >= 0.3 is 0 Å². The van der Waals surface area contributed by atoms with E-state index in [9.17, 15) is 4.79 Å². The zero-order valence-corrected chi connectivity index (χ0v) is 15.4. The van der Waals surface area contributed by atoms with Crippen molar-refractivity contribution in [2.45, 2.75) is 11.3 Å². The van der Waals surface area contributed by atoms with Crippen LogP contribution in [0.15, 0.2) is 70.2 Å². The van der Waals surface area contributed by atoms with Crippen LogP contribution in [0.2, 0.25) is 0 Å². The van der Waals surface area contributed by atoms with Gasteiger partial charge in [-0.15, -0.1) is 0 Å². The van der Waals surface area contributed by atoms with Crippen LogP contribution < -0.4 is 10.2 Å². The van der Waals surface area contributed by atoms with E-state index in [-0.39, 0.29) is 5.91 Å². The number of nitrogens with one attached hydrogen (secondary N) is 1. The van der Waals surface area contributed by atoms with Gasteiger partial charge in [0, 0.05) is 18.5 Å². The number of benzene rings is 2. The lowest BCUT2D eigenvalue weighted by Gasteiger charge is -2.15. The standard InChI is InChI=1S/C19H17N3OS2/c1-21-14-9-5-6-10-15(14)25-18(21)16-17(23)22(19(24)20-16)12-11-13-7-3-2-4-8-13/h2-10H,11-12H2,1H3,(H,20,24). The molecule has 0 spiro atoms. The van der Waals surface area contributed by atoms with Crippen molar-refractivity contribution in [3.05, 3.63) is 70.9 Å². The van der Waals surface area contributed by atoms with Crippen molar-refractivity contribution in [3.8, 4) is 0 Å². The molecule has 0 atom stereocenters. The highest BCUT2D eigenvalue weighted by Gasteiger charge is 2.36. The lowest BCUT2D eigenvalue weighted by atomic mass is 10.1. The maximum atomic E-state index is 12.9. The number of carbonyl (C=O) groups is 1. The van der Waals surface area contributed by atoms with Gasteiger partial charge in [0.15, 0.2) is 5.11 Å². The minimum absolute atomic E-state index is 0.0527. The van der Waals surface area contributed by atoms with E-state index >= 15 is 0 Å². The Bertz CT molecular complexity index is 879. The summed E-state index contributed by atoms with van der Waals surface area (Å²) in [7, 11) is 1.98. The minimum atomic E-state index is -0.0527. The quantitative estimate of drug-likeness (QED) is 0.665. The van der Waals surface area contributed by atoms with Crippen LogP contribution in [-0.2, 0) is 11.2 Å². The molecule has 25 heavy (non-hydrogen) atoms. The Morgan fingerprint density at radius 3 is 2.56 bits per heavy atom. The first-order valence-corrected chi connectivity index (χ1v) is 9.29. The second-order valence-electron chi connectivity index (χ2n) is 5.93. The fourth-order valence-corrected chi connectivity index (χ4v) is 4.43. The number of anilines is 1. The van der Waals surface area contributed by atoms with Gasteiger partial charge in [-0.3, -0.25) is 9.69 Å². The molecule has 2 aliphatic heterocycles. The zero-order chi connectivity index (χ0) is 17.4. The van der Waals surface area contributed by atoms with E-state index in [4.69, 9.17) is 12.2 Å². The van der Waals surface area contributed by atoms with Crippen molar-refractivity contribution in [1.29, 1.82) is 0 Å². The Labute approximate surface area is 156 Å². The Balaban J connectivity index is 1.56. The van der Waals surface area contributed by atoms with Gasteiger partial charge in [0.05, 0.1) is 5.69 Å². The summed E-state index contributed by atoms with van der Waals surface area (Å²) in [4.78, 5) is 17.7. The van der Waals surface area contributed by atoms with Crippen LogP contribution in [0.1, 0.15) is 5.56 Å². The van der Waals surface area contributed by atoms with E-state index in [1.54, 1.807) is 16.7 Å². The van der Waals surface area contributed by atoms with Crippen LogP contribution in [0.4, 0.5) is 5.69 Å². The fourth-order valence-electron chi connectivity index (χ4n) is 3.01. The lowest BCUT2D eigenvalue weighted by molar-refractivity contribution is -0.122. The molecule has 1 fully saturated rings. The van der Waals surface area contributed by atoms with Crippen LogP contribution in [-0.4, -0.2) is 29.5 Å². The molecule has 2 aromatic rings. The van der Waals surface area contributed by atoms with Gasteiger partial charge in [0.1, 0.15) is 10.7 Å². The molecule has 0 unspecified atom stereocenters. The summed E-state index contributed by atoms with van der Waals surface area (Å²) in [5, 5.41) is 4.50. The van der Waals surface area contributed by atoms with Crippen molar-refractivity contribution in [3.63, 3.8) is 0 Å². The number of amides is 1. The van der Waals surface area contributed by atoms with E-state index in [0.29, 0.717) is 17.4 Å². The highest BCUT2D eigenvalue weighted by molar-refractivity contribution is 8.03. The molecular weight excluding hydrogens is 350 g/mol. The molecule has 1 saturated heterocycles. The Morgan fingerprint density at radius 1 is 1.08 bits per heavy atom. The molecule has 2 aliphatic rings. The first-order valence-electron chi connectivity index (χ1n) is 8.07. The molecule has 0 radical (unpaired) electrons. The third-order valence-corrected chi connectivity index (χ3v) is 5.91. The molecule has 0 aromatic heterocycles. The summed E-state index contributed by atoms with van der Waals surface area (Å²) in [5.74, 6) is -0.0527. The van der Waals surface area contributed by atoms with Crippen molar-refractivity contribution < 1.29 is 4.79 Å². The molecule has 126 valence electrons. The summed E-state index contributed by atoms with van der Waals surface area (Å²) in [6, 6.07) is 18.3. The molecule has 6 heteroatoms. The number of thiocarbonyl (C=S) groups is 1. The van der Waals surface area contributed by atoms with Crippen LogP contribution in [0, 0.1) is 0 Å². The molecule has 0 bridgehead atoms. The summed E-state index contributed by atoms with van der Waals surface area (Å²) in [6.07, 6.45) is 0.778. The molecule has 4 nitrogen and oxygen atoms in total. The minimum Gasteiger partial charge on any atom is -0.336 e. The smallest absolute Gasteiger partial charge is 0.279 e. The van der Waals surface area contributed by atoms with Crippen LogP contribution in [0.3, 0.4) is 0 Å². The average molecular weight is 367 g/mol. The number of hydrogen-bond donors (Lipinski definition) is 1. The monoisotopic (exact) mass is 367 g/mol. The average Bonchev–Trinajstić information content (AvgIpc) is 3.11. The molecular formula is C19H17N3OS2. The van der Waals surface area contributed by atoms with Gasteiger partial charge < -0.3 is 10.2 Å². The van der Waals surface area contributed by atoms with Gasteiger partial charge in [-0.2, -0.15) is 0 Å². The third-order valence-electron chi connectivity index (χ3n) is 4.35. The molecule has 1 N–H and O–H groups in total. The van der Waals surface area contributed by atoms with Gasteiger partial charge in [-0.05, 0) is 36.3 Å². The summed E-state index contributed by atoms with van der Waals surface area (Å²) in [5.41, 5.74) is 2.87. The number of thioether (sulfide) groups is 1. The predicted octanol–water partition coefficient (Wildman–Crippen LogP) is 3.36. The van der Waals surface area contributed by atoms with Crippen LogP contribution in [0.25, 0.3) is 0 Å². The highest BCUT2D eigenvalue weighted by Crippen LogP contribution is 2.46. The molecule has 0 saturated carbocycles. The third kappa shape index (κ3) is 2.92.